The van der Waals surface area contributed by atoms with Crippen LogP contribution in [0.4, 0.5) is 26.0 Å². The van der Waals surface area contributed by atoms with Crippen molar-refractivity contribution >= 4 is 34.8 Å². The van der Waals surface area contributed by atoms with Gasteiger partial charge in [-0.3, -0.25) is 20.5 Å². The number of amides is 1. The minimum atomic E-state index is -0.709. The highest BCUT2D eigenvalue weighted by Crippen LogP contribution is 2.36. The molecule has 2 unspecified atom stereocenters. The lowest BCUT2D eigenvalue weighted by Gasteiger charge is -2.37. The van der Waals surface area contributed by atoms with Gasteiger partial charge >= 0.3 is 0 Å². The van der Waals surface area contributed by atoms with Crippen molar-refractivity contribution in [2.75, 3.05) is 24.1 Å². The fourth-order valence-electron chi connectivity index (χ4n) is 5.76. The molecule has 2 aliphatic heterocycles. The molecule has 1 aromatic heterocycles. The number of hydrogen-bond acceptors (Lipinski definition) is 7. The summed E-state index contributed by atoms with van der Waals surface area (Å²) in [5.74, 6) is -1.23. The first kappa shape index (κ1) is 28.9. The molecule has 0 bridgehead atoms. The molecule has 2 atom stereocenters. The SMILES string of the molecule is CC1CN(C(=N)NC(=O)c2cccc(Nc3cc4c(cn3)CN=C(c3c(F)cccc3F)c3cc(N)ccc3-4)c2)CC(C)N1. The Labute approximate surface area is 253 Å². The van der Waals surface area contributed by atoms with Crippen LogP contribution in [0.15, 0.2) is 77.9 Å². The first-order valence-corrected chi connectivity index (χ1v) is 14.3. The summed E-state index contributed by atoms with van der Waals surface area (Å²) >= 11 is 0. The van der Waals surface area contributed by atoms with Gasteiger partial charge in [-0.25, -0.2) is 13.8 Å². The lowest BCUT2D eigenvalue weighted by Crippen LogP contribution is -2.58. The summed E-state index contributed by atoms with van der Waals surface area (Å²) < 4.78 is 29.7. The largest absolute Gasteiger partial charge is 0.399 e. The van der Waals surface area contributed by atoms with Gasteiger partial charge in [0.15, 0.2) is 5.96 Å². The lowest BCUT2D eigenvalue weighted by molar-refractivity contribution is 0.0969. The molecule has 224 valence electrons. The molecule has 0 radical (unpaired) electrons. The summed E-state index contributed by atoms with van der Waals surface area (Å²) in [5, 5.41) is 17.8. The van der Waals surface area contributed by atoms with E-state index in [1.165, 1.54) is 18.2 Å². The Balaban J connectivity index is 1.26. The van der Waals surface area contributed by atoms with E-state index >= 15 is 0 Å². The Morgan fingerprint density at radius 2 is 1.70 bits per heavy atom. The number of aromatic nitrogens is 1. The third-order valence-electron chi connectivity index (χ3n) is 7.69. The number of carbonyl (C=O) groups excluding carboxylic acids is 1. The number of nitrogens with one attached hydrogen (secondary N) is 4. The van der Waals surface area contributed by atoms with Gasteiger partial charge in [-0.1, -0.05) is 18.2 Å². The van der Waals surface area contributed by atoms with Crippen molar-refractivity contribution < 1.29 is 13.6 Å². The highest BCUT2D eigenvalue weighted by molar-refractivity contribution is 6.17. The Morgan fingerprint density at radius 1 is 0.977 bits per heavy atom. The van der Waals surface area contributed by atoms with Gasteiger partial charge in [0.1, 0.15) is 17.5 Å². The fraction of sp³-hybridized carbons (Fsp3) is 0.212. The maximum atomic E-state index is 14.9. The Bertz CT molecular complexity index is 1780. The third kappa shape index (κ3) is 5.86. The van der Waals surface area contributed by atoms with Crippen molar-refractivity contribution in [2.24, 2.45) is 4.99 Å². The molecule has 11 heteroatoms. The van der Waals surface area contributed by atoms with Crippen molar-refractivity contribution in [3.8, 4) is 11.1 Å². The average molecular weight is 595 g/mol. The molecule has 3 aromatic carbocycles. The zero-order chi connectivity index (χ0) is 31.0. The number of nitrogen functional groups attached to an aromatic ring is 1. The second-order valence-corrected chi connectivity index (χ2v) is 11.2. The molecule has 6 N–H and O–H groups in total. The van der Waals surface area contributed by atoms with Crippen molar-refractivity contribution in [3.05, 3.63) is 107 Å². The second kappa shape index (κ2) is 11.8. The minimum absolute atomic E-state index is 0.0668. The molecule has 44 heavy (non-hydrogen) atoms. The van der Waals surface area contributed by atoms with Crippen LogP contribution in [-0.2, 0) is 6.54 Å². The number of halogens is 2. The van der Waals surface area contributed by atoms with Gasteiger partial charge < -0.3 is 21.3 Å². The molecule has 0 spiro atoms. The normalized spacial score (nSPS) is 17.5. The Kier molecular flexibility index (Phi) is 7.79. The maximum Gasteiger partial charge on any atom is 0.258 e. The van der Waals surface area contributed by atoms with E-state index in [2.05, 4.69) is 25.9 Å². The number of anilines is 3. The van der Waals surface area contributed by atoms with Crippen LogP contribution in [0.3, 0.4) is 0 Å². The number of aliphatic imine (C=N–C) groups is 1. The number of nitrogens with zero attached hydrogens (tertiary/aromatic N) is 3. The molecule has 0 aliphatic carbocycles. The van der Waals surface area contributed by atoms with Gasteiger partial charge in [0.05, 0.1) is 17.8 Å². The summed E-state index contributed by atoms with van der Waals surface area (Å²) in [4.78, 5) is 24.0. The van der Waals surface area contributed by atoms with Gasteiger partial charge in [0, 0.05) is 53.9 Å². The fourth-order valence-corrected chi connectivity index (χ4v) is 5.76. The van der Waals surface area contributed by atoms with Crippen LogP contribution in [0.5, 0.6) is 0 Å². The third-order valence-corrected chi connectivity index (χ3v) is 7.69. The van der Waals surface area contributed by atoms with Crippen LogP contribution in [0.2, 0.25) is 0 Å². The average Bonchev–Trinajstić information content (AvgIpc) is 3.13. The number of hydrogen-bond donors (Lipinski definition) is 5. The van der Waals surface area contributed by atoms with E-state index in [9.17, 15) is 13.6 Å². The monoisotopic (exact) mass is 594 g/mol. The molecule has 6 rings (SSSR count). The van der Waals surface area contributed by atoms with Crippen molar-refractivity contribution in [2.45, 2.75) is 32.5 Å². The minimum Gasteiger partial charge on any atom is -0.399 e. The van der Waals surface area contributed by atoms with Crippen LogP contribution in [0.1, 0.15) is 40.9 Å². The standard InChI is InChI=1S/C33H32F2N8O/c1-18-16-43(17-19(2)40-18)33(37)42-32(44)20-5-3-6-23(11-20)41-29-13-25-21(14-38-29)15-39-31(26-12-22(36)9-10-24(25)26)30-27(34)7-4-8-28(30)35/h3-14,18-19,40H,15-17,36H2,1-2H3,(H,38,41)(H2,37,42,44). The molecule has 2 aliphatic rings. The zero-order valence-corrected chi connectivity index (χ0v) is 24.3. The topological polar surface area (TPSA) is 132 Å². The van der Waals surface area contributed by atoms with E-state index < -0.39 is 11.6 Å². The predicted octanol–water partition coefficient (Wildman–Crippen LogP) is 5.05. The first-order valence-electron chi connectivity index (χ1n) is 14.3. The second-order valence-electron chi connectivity index (χ2n) is 11.2. The summed E-state index contributed by atoms with van der Waals surface area (Å²) in [7, 11) is 0. The molecule has 4 aromatic rings. The summed E-state index contributed by atoms with van der Waals surface area (Å²) in [6, 6.07) is 18.1. The smallest absolute Gasteiger partial charge is 0.258 e. The van der Waals surface area contributed by atoms with Crippen LogP contribution in [-0.4, -0.2) is 52.6 Å². The summed E-state index contributed by atoms with van der Waals surface area (Å²) in [5.41, 5.74) is 10.3. The van der Waals surface area contributed by atoms with Crippen LogP contribution < -0.4 is 21.7 Å². The van der Waals surface area contributed by atoms with E-state index in [4.69, 9.17) is 11.1 Å². The van der Waals surface area contributed by atoms with Gasteiger partial charge in [-0.15, -0.1) is 0 Å². The molecule has 9 nitrogen and oxygen atoms in total. The van der Waals surface area contributed by atoms with Crippen LogP contribution in [0, 0.1) is 17.0 Å². The summed E-state index contributed by atoms with van der Waals surface area (Å²) in [6.07, 6.45) is 1.68. The first-order chi connectivity index (χ1) is 21.2. The van der Waals surface area contributed by atoms with E-state index in [-0.39, 0.29) is 41.8 Å². The maximum absolute atomic E-state index is 14.9. The van der Waals surface area contributed by atoms with Gasteiger partial charge in [-0.05, 0) is 79.1 Å². The van der Waals surface area contributed by atoms with Crippen LogP contribution >= 0.6 is 0 Å². The predicted molar refractivity (Wildman–Crippen MR) is 168 cm³/mol. The number of pyridine rings is 1. The lowest BCUT2D eigenvalue weighted by atomic mass is 9.92. The van der Waals surface area contributed by atoms with Crippen molar-refractivity contribution in [1.82, 2.24) is 20.5 Å². The molecular formula is C33H32F2N8O. The number of fused-ring (bicyclic) bond motifs is 3. The van der Waals surface area contributed by atoms with Crippen molar-refractivity contribution in [1.29, 1.82) is 5.41 Å². The van der Waals surface area contributed by atoms with E-state index in [0.29, 0.717) is 47.0 Å². The van der Waals surface area contributed by atoms with Crippen LogP contribution in [0.25, 0.3) is 11.1 Å². The van der Waals surface area contributed by atoms with E-state index in [1.54, 1.807) is 36.5 Å². The molecule has 0 saturated carbocycles. The van der Waals surface area contributed by atoms with Gasteiger partial charge in [0.25, 0.3) is 5.91 Å². The highest BCUT2D eigenvalue weighted by Gasteiger charge is 2.26. The number of carbonyl (C=O) groups is 1. The Morgan fingerprint density at radius 3 is 2.45 bits per heavy atom. The quantitative estimate of drug-likeness (QED) is 0.128. The molecule has 1 saturated heterocycles. The molecular weight excluding hydrogens is 562 g/mol. The van der Waals surface area contributed by atoms with E-state index in [1.807, 2.05) is 36.9 Å². The zero-order valence-electron chi connectivity index (χ0n) is 24.3. The summed E-state index contributed by atoms with van der Waals surface area (Å²) in [6.45, 7) is 5.52. The molecule has 1 amide bonds. The number of rotatable bonds is 4. The van der Waals surface area contributed by atoms with Crippen molar-refractivity contribution in [3.63, 3.8) is 0 Å². The number of piperazine rings is 1. The molecule has 1 fully saturated rings. The Hall–Kier alpha value is -5.16. The highest BCUT2D eigenvalue weighted by atomic mass is 19.1. The molecule has 3 heterocycles. The number of benzene rings is 3. The number of nitrogens with two attached hydrogens (primary N) is 1. The van der Waals surface area contributed by atoms with Gasteiger partial charge in [-0.2, -0.15) is 0 Å². The van der Waals surface area contributed by atoms with Gasteiger partial charge in [0.2, 0.25) is 0 Å². The van der Waals surface area contributed by atoms with E-state index in [0.717, 1.165) is 11.1 Å². The number of guanidine groups is 1.